The Kier molecular flexibility index (Phi) is 2.86. The summed E-state index contributed by atoms with van der Waals surface area (Å²) in [6, 6.07) is 7.82. The molecule has 0 N–H and O–H groups in total. The molecule has 0 fully saturated rings. The molecule has 0 amide bonds. The Morgan fingerprint density at radius 1 is 1.53 bits per heavy atom. The van der Waals surface area contributed by atoms with Crippen molar-refractivity contribution in [2.45, 2.75) is 25.4 Å². The van der Waals surface area contributed by atoms with Crippen molar-refractivity contribution < 1.29 is 9.53 Å². The zero-order valence-electron chi connectivity index (χ0n) is 8.61. The van der Waals surface area contributed by atoms with Crippen molar-refractivity contribution in [2.75, 3.05) is 0 Å². The maximum atomic E-state index is 11.7. The van der Waals surface area contributed by atoms with E-state index in [0.717, 1.165) is 17.7 Å². The number of ether oxygens (including phenoxy) is 1. The number of rotatable bonds is 4. The Balaban J connectivity index is 2.00. The average molecular weight is 202 g/mol. The van der Waals surface area contributed by atoms with Gasteiger partial charge in [0.2, 0.25) is 0 Å². The first-order valence-electron chi connectivity index (χ1n) is 5.19. The third-order valence-electron chi connectivity index (χ3n) is 2.60. The van der Waals surface area contributed by atoms with E-state index in [9.17, 15) is 4.79 Å². The quantitative estimate of drug-likeness (QED) is 0.701. The predicted octanol–water partition coefficient (Wildman–Crippen LogP) is 2.53. The molecule has 0 saturated heterocycles. The minimum atomic E-state index is -0.276. The van der Waals surface area contributed by atoms with Crippen LogP contribution in [0.3, 0.4) is 0 Å². The summed E-state index contributed by atoms with van der Waals surface area (Å²) >= 11 is 0. The third kappa shape index (κ3) is 2.09. The topological polar surface area (TPSA) is 26.3 Å². The van der Waals surface area contributed by atoms with Gasteiger partial charge in [0.1, 0.15) is 5.75 Å². The monoisotopic (exact) mass is 202 g/mol. The molecule has 1 aromatic carbocycles. The van der Waals surface area contributed by atoms with E-state index in [1.807, 2.05) is 24.3 Å². The van der Waals surface area contributed by atoms with Gasteiger partial charge >= 0.3 is 0 Å². The Labute approximate surface area is 89.6 Å². The number of Topliss-reactive ketones (excluding diaryl/α,β-unsaturated/α-hetero) is 1. The molecule has 1 atom stereocenters. The SMILES string of the molecule is C=CCCC(=O)C1Cc2ccccc2O1. The number of carbonyl (C=O) groups excluding carboxylic acids is 1. The van der Waals surface area contributed by atoms with E-state index >= 15 is 0 Å². The molecule has 1 aliphatic rings. The first-order chi connectivity index (χ1) is 7.31. The van der Waals surface area contributed by atoms with E-state index in [0.29, 0.717) is 12.8 Å². The average Bonchev–Trinajstić information content (AvgIpc) is 2.69. The molecule has 2 rings (SSSR count). The van der Waals surface area contributed by atoms with Crippen LogP contribution in [0.2, 0.25) is 0 Å². The van der Waals surface area contributed by atoms with Crippen molar-refractivity contribution in [2.24, 2.45) is 0 Å². The molecule has 0 aromatic heterocycles. The number of carbonyl (C=O) groups is 1. The molecule has 1 heterocycles. The van der Waals surface area contributed by atoms with Crippen LogP contribution in [-0.4, -0.2) is 11.9 Å². The summed E-state index contributed by atoms with van der Waals surface area (Å²) in [5.41, 5.74) is 1.13. The molecule has 1 aromatic rings. The second kappa shape index (κ2) is 4.30. The Morgan fingerprint density at radius 3 is 3.07 bits per heavy atom. The van der Waals surface area contributed by atoms with Crippen LogP contribution in [0.4, 0.5) is 0 Å². The van der Waals surface area contributed by atoms with Gasteiger partial charge in [0.25, 0.3) is 0 Å². The molecular weight excluding hydrogens is 188 g/mol. The van der Waals surface area contributed by atoms with Crippen LogP contribution in [-0.2, 0) is 11.2 Å². The first kappa shape index (κ1) is 9.97. The number of benzene rings is 1. The van der Waals surface area contributed by atoms with Gasteiger partial charge in [-0.25, -0.2) is 0 Å². The Bertz CT molecular complexity index is 357. The highest BCUT2D eigenvalue weighted by Gasteiger charge is 2.27. The number of ketones is 1. The van der Waals surface area contributed by atoms with Gasteiger partial charge in [0, 0.05) is 12.8 Å². The second-order valence-electron chi connectivity index (χ2n) is 3.71. The standard InChI is InChI=1S/C13H14O2/c1-2-3-7-11(14)13-9-10-6-4-5-8-12(10)15-13/h2,4-6,8,13H,1,3,7,9H2. The lowest BCUT2D eigenvalue weighted by molar-refractivity contribution is -0.125. The van der Waals surface area contributed by atoms with Crippen molar-refractivity contribution in [1.82, 2.24) is 0 Å². The summed E-state index contributed by atoms with van der Waals surface area (Å²) in [4.78, 5) is 11.7. The maximum Gasteiger partial charge on any atom is 0.173 e. The summed E-state index contributed by atoms with van der Waals surface area (Å²) in [6.45, 7) is 3.61. The molecular formula is C13H14O2. The lowest BCUT2D eigenvalue weighted by Crippen LogP contribution is -2.24. The second-order valence-corrected chi connectivity index (χ2v) is 3.71. The predicted molar refractivity (Wildman–Crippen MR) is 59.0 cm³/mol. The number of hydrogen-bond acceptors (Lipinski definition) is 2. The molecule has 15 heavy (non-hydrogen) atoms. The zero-order valence-corrected chi connectivity index (χ0v) is 8.61. The fraction of sp³-hybridized carbons (Fsp3) is 0.308. The molecule has 2 heteroatoms. The van der Waals surface area contributed by atoms with E-state index < -0.39 is 0 Å². The van der Waals surface area contributed by atoms with Gasteiger partial charge in [0.05, 0.1) is 0 Å². The van der Waals surface area contributed by atoms with Gasteiger partial charge in [0.15, 0.2) is 11.9 Å². The third-order valence-corrected chi connectivity index (χ3v) is 2.60. The number of allylic oxidation sites excluding steroid dienone is 1. The molecule has 1 unspecified atom stereocenters. The molecule has 1 aliphatic heterocycles. The fourth-order valence-corrected chi connectivity index (χ4v) is 1.77. The maximum absolute atomic E-state index is 11.7. The van der Waals surface area contributed by atoms with E-state index in [2.05, 4.69) is 6.58 Å². The number of para-hydroxylation sites is 1. The summed E-state index contributed by atoms with van der Waals surface area (Å²) in [5.74, 6) is 1.03. The highest BCUT2D eigenvalue weighted by atomic mass is 16.5. The highest BCUT2D eigenvalue weighted by molar-refractivity contribution is 5.84. The summed E-state index contributed by atoms with van der Waals surface area (Å²) < 4.78 is 5.58. The molecule has 2 nitrogen and oxygen atoms in total. The largest absolute Gasteiger partial charge is 0.482 e. The van der Waals surface area contributed by atoms with Crippen LogP contribution in [0.25, 0.3) is 0 Å². The van der Waals surface area contributed by atoms with Crippen molar-refractivity contribution in [3.8, 4) is 5.75 Å². The van der Waals surface area contributed by atoms with Gasteiger partial charge in [-0.2, -0.15) is 0 Å². The van der Waals surface area contributed by atoms with Crippen LogP contribution in [0.15, 0.2) is 36.9 Å². The van der Waals surface area contributed by atoms with E-state index in [-0.39, 0.29) is 11.9 Å². The van der Waals surface area contributed by atoms with Crippen molar-refractivity contribution in [1.29, 1.82) is 0 Å². The van der Waals surface area contributed by atoms with Gasteiger partial charge < -0.3 is 4.74 Å². The van der Waals surface area contributed by atoms with Crippen LogP contribution in [0.5, 0.6) is 5.75 Å². The minimum absolute atomic E-state index is 0.172. The van der Waals surface area contributed by atoms with Crippen LogP contribution >= 0.6 is 0 Å². The summed E-state index contributed by atoms with van der Waals surface area (Å²) in [5, 5.41) is 0. The minimum Gasteiger partial charge on any atom is -0.482 e. The lowest BCUT2D eigenvalue weighted by atomic mass is 10.0. The molecule has 0 radical (unpaired) electrons. The van der Waals surface area contributed by atoms with E-state index in [4.69, 9.17) is 4.74 Å². The number of fused-ring (bicyclic) bond motifs is 1. The Hall–Kier alpha value is -1.57. The van der Waals surface area contributed by atoms with Crippen LogP contribution in [0, 0.1) is 0 Å². The van der Waals surface area contributed by atoms with Crippen molar-refractivity contribution in [3.05, 3.63) is 42.5 Å². The van der Waals surface area contributed by atoms with Gasteiger partial charge in [-0.1, -0.05) is 24.3 Å². The summed E-state index contributed by atoms with van der Waals surface area (Å²) in [7, 11) is 0. The first-order valence-corrected chi connectivity index (χ1v) is 5.19. The fourth-order valence-electron chi connectivity index (χ4n) is 1.77. The molecule has 0 aliphatic carbocycles. The molecule has 0 saturated carbocycles. The van der Waals surface area contributed by atoms with Gasteiger partial charge in [-0.05, 0) is 18.1 Å². The van der Waals surface area contributed by atoms with Gasteiger partial charge in [-0.3, -0.25) is 4.79 Å². The normalized spacial score (nSPS) is 18.0. The Morgan fingerprint density at radius 2 is 2.33 bits per heavy atom. The highest BCUT2D eigenvalue weighted by Crippen LogP contribution is 2.28. The van der Waals surface area contributed by atoms with E-state index in [1.165, 1.54) is 0 Å². The van der Waals surface area contributed by atoms with E-state index in [1.54, 1.807) is 6.08 Å². The van der Waals surface area contributed by atoms with Gasteiger partial charge in [-0.15, -0.1) is 6.58 Å². The van der Waals surface area contributed by atoms with Crippen LogP contribution in [0.1, 0.15) is 18.4 Å². The molecule has 0 spiro atoms. The lowest BCUT2D eigenvalue weighted by Gasteiger charge is -2.07. The van der Waals surface area contributed by atoms with Crippen molar-refractivity contribution in [3.63, 3.8) is 0 Å². The smallest absolute Gasteiger partial charge is 0.173 e. The van der Waals surface area contributed by atoms with Crippen LogP contribution < -0.4 is 4.74 Å². The molecule has 0 bridgehead atoms. The van der Waals surface area contributed by atoms with Crippen molar-refractivity contribution >= 4 is 5.78 Å². The zero-order chi connectivity index (χ0) is 10.7. The molecule has 78 valence electrons. The number of hydrogen-bond donors (Lipinski definition) is 0. The summed E-state index contributed by atoms with van der Waals surface area (Å²) in [6.07, 6.45) is 3.46.